The molecule has 1 aliphatic carbocycles. The van der Waals surface area contributed by atoms with E-state index in [2.05, 4.69) is 5.32 Å². The molecule has 1 aromatic carbocycles. The van der Waals surface area contributed by atoms with Crippen molar-refractivity contribution >= 4 is 11.9 Å². The van der Waals surface area contributed by atoms with Crippen LogP contribution in [0.2, 0.25) is 0 Å². The van der Waals surface area contributed by atoms with E-state index in [1.807, 2.05) is 0 Å². The topological polar surface area (TPSA) is 84.9 Å². The second-order valence-corrected chi connectivity index (χ2v) is 6.98. The van der Waals surface area contributed by atoms with Crippen LogP contribution in [0.5, 0.6) is 5.75 Å². The second-order valence-electron chi connectivity index (χ2n) is 6.98. The van der Waals surface area contributed by atoms with Crippen LogP contribution in [0.15, 0.2) is 24.3 Å². The lowest BCUT2D eigenvalue weighted by Crippen LogP contribution is -2.47. The molecule has 6 nitrogen and oxygen atoms in total. The summed E-state index contributed by atoms with van der Waals surface area (Å²) >= 11 is 0. The van der Waals surface area contributed by atoms with Crippen molar-refractivity contribution in [3.8, 4) is 5.75 Å². The number of rotatable bonds is 7. The van der Waals surface area contributed by atoms with Gasteiger partial charge in [0.2, 0.25) is 0 Å². The minimum atomic E-state index is -0.875. The highest BCUT2D eigenvalue weighted by Gasteiger charge is 2.37. The van der Waals surface area contributed by atoms with E-state index in [1.54, 1.807) is 24.3 Å². The molecule has 25 heavy (non-hydrogen) atoms. The minimum Gasteiger partial charge on any atom is -0.491 e. The molecule has 3 rings (SSSR count). The van der Waals surface area contributed by atoms with Crippen molar-refractivity contribution in [2.75, 3.05) is 13.2 Å². The number of aliphatic carboxylic acids is 1. The Bertz CT molecular complexity index is 601. The Labute approximate surface area is 147 Å². The Balaban J connectivity index is 1.57. The van der Waals surface area contributed by atoms with E-state index in [9.17, 15) is 9.59 Å². The van der Waals surface area contributed by atoms with Crippen molar-refractivity contribution in [2.45, 2.75) is 56.6 Å². The molecular weight excluding hydrogens is 322 g/mol. The average molecular weight is 347 g/mol. The molecular formula is C19H25NO5. The van der Waals surface area contributed by atoms with Gasteiger partial charge in [-0.1, -0.05) is 12.8 Å². The predicted molar refractivity (Wildman–Crippen MR) is 91.8 cm³/mol. The Hall–Kier alpha value is -2.08. The van der Waals surface area contributed by atoms with E-state index < -0.39 is 11.5 Å². The van der Waals surface area contributed by atoms with Crippen molar-refractivity contribution in [3.63, 3.8) is 0 Å². The molecule has 1 atom stereocenters. The Morgan fingerprint density at radius 2 is 1.92 bits per heavy atom. The standard InChI is InChI=1S/C19H25NO5/c21-17(22)12-19(9-1-2-10-19)20-18(23)14-5-7-15(8-6-14)25-13-16-4-3-11-24-16/h5-8,16H,1-4,9-13H2,(H,20,23)(H,21,22). The molecule has 2 N–H and O–H groups in total. The number of benzene rings is 1. The molecule has 1 heterocycles. The number of carbonyl (C=O) groups is 2. The molecule has 1 amide bonds. The highest BCUT2D eigenvalue weighted by Crippen LogP contribution is 2.33. The third kappa shape index (κ3) is 4.72. The van der Waals surface area contributed by atoms with Crippen molar-refractivity contribution < 1.29 is 24.2 Å². The first-order valence-electron chi connectivity index (χ1n) is 8.95. The number of hydrogen-bond donors (Lipinski definition) is 2. The quantitative estimate of drug-likeness (QED) is 0.792. The van der Waals surface area contributed by atoms with Crippen LogP contribution in [-0.4, -0.2) is 41.8 Å². The van der Waals surface area contributed by atoms with Gasteiger partial charge in [0, 0.05) is 12.2 Å². The molecule has 136 valence electrons. The first-order valence-corrected chi connectivity index (χ1v) is 8.95. The van der Waals surface area contributed by atoms with Crippen LogP contribution in [-0.2, 0) is 9.53 Å². The summed E-state index contributed by atoms with van der Waals surface area (Å²) < 4.78 is 11.2. The van der Waals surface area contributed by atoms with E-state index in [-0.39, 0.29) is 18.4 Å². The van der Waals surface area contributed by atoms with Gasteiger partial charge in [-0.3, -0.25) is 9.59 Å². The zero-order valence-corrected chi connectivity index (χ0v) is 14.3. The second kappa shape index (κ2) is 7.87. The number of carboxylic acids is 1. The van der Waals surface area contributed by atoms with Crippen LogP contribution in [0.1, 0.15) is 55.3 Å². The van der Waals surface area contributed by atoms with Gasteiger partial charge in [0.05, 0.1) is 18.1 Å². The predicted octanol–water partition coefficient (Wildman–Crippen LogP) is 2.76. The lowest BCUT2D eigenvalue weighted by Gasteiger charge is -2.28. The van der Waals surface area contributed by atoms with Crippen LogP contribution in [0, 0.1) is 0 Å². The molecule has 2 fully saturated rings. The summed E-state index contributed by atoms with van der Waals surface area (Å²) in [5, 5.41) is 12.1. The molecule has 0 radical (unpaired) electrons. The molecule has 1 saturated carbocycles. The van der Waals surface area contributed by atoms with E-state index in [0.29, 0.717) is 30.8 Å². The summed E-state index contributed by atoms with van der Waals surface area (Å²) in [5.74, 6) is -0.401. The summed E-state index contributed by atoms with van der Waals surface area (Å²) in [6, 6.07) is 6.96. The van der Waals surface area contributed by atoms with Crippen molar-refractivity contribution in [2.24, 2.45) is 0 Å². The lowest BCUT2D eigenvalue weighted by atomic mass is 9.92. The number of amides is 1. The first kappa shape index (κ1) is 17.7. The lowest BCUT2D eigenvalue weighted by molar-refractivity contribution is -0.138. The fraction of sp³-hybridized carbons (Fsp3) is 0.579. The number of carbonyl (C=O) groups excluding carboxylic acids is 1. The van der Waals surface area contributed by atoms with Gasteiger partial charge in [0.1, 0.15) is 12.4 Å². The maximum Gasteiger partial charge on any atom is 0.305 e. The molecule has 0 spiro atoms. The zero-order chi connectivity index (χ0) is 17.7. The summed E-state index contributed by atoms with van der Waals surface area (Å²) in [6.07, 6.45) is 5.55. The van der Waals surface area contributed by atoms with Gasteiger partial charge < -0.3 is 19.9 Å². The average Bonchev–Trinajstić information content (AvgIpc) is 3.25. The molecule has 1 saturated heterocycles. The third-order valence-electron chi connectivity index (χ3n) is 5.01. The maximum absolute atomic E-state index is 12.5. The Morgan fingerprint density at radius 3 is 2.52 bits per heavy atom. The third-order valence-corrected chi connectivity index (χ3v) is 5.01. The summed E-state index contributed by atoms with van der Waals surface area (Å²) in [5.41, 5.74) is -0.0983. The smallest absolute Gasteiger partial charge is 0.305 e. The number of nitrogens with one attached hydrogen (secondary N) is 1. The van der Waals surface area contributed by atoms with E-state index in [0.717, 1.165) is 32.3 Å². The summed E-state index contributed by atoms with van der Waals surface area (Å²) in [6.45, 7) is 1.32. The van der Waals surface area contributed by atoms with Gasteiger partial charge >= 0.3 is 5.97 Å². The molecule has 2 aliphatic rings. The van der Waals surface area contributed by atoms with Crippen LogP contribution >= 0.6 is 0 Å². The Kier molecular flexibility index (Phi) is 5.58. The van der Waals surface area contributed by atoms with E-state index in [1.165, 1.54) is 0 Å². The van der Waals surface area contributed by atoms with Crippen molar-refractivity contribution in [3.05, 3.63) is 29.8 Å². The van der Waals surface area contributed by atoms with Gasteiger partial charge in [-0.2, -0.15) is 0 Å². The number of carboxylic acid groups (broad SMARTS) is 1. The maximum atomic E-state index is 12.5. The van der Waals surface area contributed by atoms with E-state index >= 15 is 0 Å². The largest absolute Gasteiger partial charge is 0.491 e. The fourth-order valence-corrected chi connectivity index (χ4v) is 3.67. The summed E-state index contributed by atoms with van der Waals surface area (Å²) in [4.78, 5) is 23.6. The molecule has 1 aromatic rings. The molecule has 1 aliphatic heterocycles. The van der Waals surface area contributed by atoms with Gasteiger partial charge in [0.15, 0.2) is 0 Å². The van der Waals surface area contributed by atoms with Crippen LogP contribution < -0.4 is 10.1 Å². The highest BCUT2D eigenvalue weighted by atomic mass is 16.5. The van der Waals surface area contributed by atoms with Crippen molar-refractivity contribution in [1.82, 2.24) is 5.32 Å². The van der Waals surface area contributed by atoms with Gasteiger partial charge in [0.25, 0.3) is 5.91 Å². The number of hydrogen-bond acceptors (Lipinski definition) is 4. The highest BCUT2D eigenvalue weighted by molar-refractivity contribution is 5.95. The van der Waals surface area contributed by atoms with Crippen LogP contribution in [0.3, 0.4) is 0 Å². The van der Waals surface area contributed by atoms with Crippen LogP contribution in [0.25, 0.3) is 0 Å². The molecule has 0 aromatic heterocycles. The first-order chi connectivity index (χ1) is 12.1. The molecule has 6 heteroatoms. The number of ether oxygens (including phenoxy) is 2. The molecule has 0 bridgehead atoms. The SMILES string of the molecule is O=C(O)CC1(NC(=O)c2ccc(OCC3CCCO3)cc2)CCCC1. The normalized spacial score (nSPS) is 21.8. The molecule has 1 unspecified atom stereocenters. The minimum absolute atomic E-state index is 0.0265. The van der Waals surface area contributed by atoms with Gasteiger partial charge in [-0.05, 0) is 49.9 Å². The van der Waals surface area contributed by atoms with Gasteiger partial charge in [-0.25, -0.2) is 0 Å². The summed E-state index contributed by atoms with van der Waals surface area (Å²) in [7, 11) is 0. The van der Waals surface area contributed by atoms with E-state index in [4.69, 9.17) is 14.6 Å². The fourth-order valence-electron chi connectivity index (χ4n) is 3.67. The Morgan fingerprint density at radius 1 is 1.20 bits per heavy atom. The zero-order valence-electron chi connectivity index (χ0n) is 14.3. The van der Waals surface area contributed by atoms with Crippen molar-refractivity contribution in [1.29, 1.82) is 0 Å². The van der Waals surface area contributed by atoms with Crippen LogP contribution in [0.4, 0.5) is 0 Å². The monoisotopic (exact) mass is 347 g/mol. The van der Waals surface area contributed by atoms with Gasteiger partial charge in [-0.15, -0.1) is 0 Å².